The molecule has 0 aliphatic carbocycles. The van der Waals surface area contributed by atoms with Gasteiger partial charge in [0.05, 0.1) is 12.0 Å². The van der Waals surface area contributed by atoms with E-state index in [2.05, 4.69) is 10.3 Å². The zero-order valence-corrected chi connectivity index (χ0v) is 17.8. The summed E-state index contributed by atoms with van der Waals surface area (Å²) in [6, 6.07) is 6.70. The van der Waals surface area contributed by atoms with Crippen molar-refractivity contribution >= 4 is 15.9 Å². The second-order valence-corrected chi connectivity index (χ2v) is 8.19. The Morgan fingerprint density at radius 3 is 1.82 bits per heavy atom. The van der Waals surface area contributed by atoms with E-state index in [1.165, 1.54) is 0 Å². The maximum atomic E-state index is 12.8. The summed E-state index contributed by atoms with van der Waals surface area (Å²) in [7, 11) is -2.37. The van der Waals surface area contributed by atoms with E-state index < -0.39 is 15.9 Å². The Labute approximate surface area is 166 Å². The summed E-state index contributed by atoms with van der Waals surface area (Å²) in [5.74, 6) is 0.518. The van der Waals surface area contributed by atoms with Gasteiger partial charge < -0.3 is 9.47 Å². The van der Waals surface area contributed by atoms with Gasteiger partial charge in [0, 0.05) is 0 Å². The van der Waals surface area contributed by atoms with Gasteiger partial charge in [-0.25, -0.2) is 8.42 Å². The maximum Gasteiger partial charge on any atom is 0.272 e. The van der Waals surface area contributed by atoms with Gasteiger partial charge in [-0.1, -0.05) is 0 Å². The van der Waals surface area contributed by atoms with Crippen molar-refractivity contribution in [2.45, 2.75) is 39.5 Å². The third kappa shape index (κ3) is 4.63. The molecule has 2 rings (SSSR count). The van der Waals surface area contributed by atoms with Crippen LogP contribution in [-0.4, -0.2) is 28.0 Å². The molecule has 2 aromatic rings. The van der Waals surface area contributed by atoms with Gasteiger partial charge >= 0.3 is 0 Å². The minimum atomic E-state index is -3.92. The van der Waals surface area contributed by atoms with E-state index in [1.54, 1.807) is 45.2 Å². The number of hydrazine groups is 1. The van der Waals surface area contributed by atoms with E-state index in [0.717, 1.165) is 16.7 Å². The van der Waals surface area contributed by atoms with Crippen molar-refractivity contribution in [1.82, 2.24) is 10.3 Å². The fourth-order valence-electron chi connectivity index (χ4n) is 2.90. The summed E-state index contributed by atoms with van der Waals surface area (Å²) in [5.41, 5.74) is 6.41. The first kappa shape index (κ1) is 21.7. The Morgan fingerprint density at radius 2 is 1.32 bits per heavy atom. The zero-order valence-electron chi connectivity index (χ0n) is 17.0. The number of amides is 1. The van der Waals surface area contributed by atoms with Gasteiger partial charge in [0.2, 0.25) is 0 Å². The summed E-state index contributed by atoms with van der Waals surface area (Å²) in [6.07, 6.45) is 0. The number of ether oxygens (including phenoxy) is 2. The second-order valence-electron chi connectivity index (χ2n) is 6.57. The average molecular weight is 407 g/mol. The summed E-state index contributed by atoms with van der Waals surface area (Å²) in [6.45, 7) is 8.93. The molecular formula is C20H26N2O5S. The Bertz CT molecular complexity index is 954. The number of methoxy groups -OCH3 is 1. The molecule has 2 N–H and O–H groups in total. The first-order chi connectivity index (χ1) is 13.1. The van der Waals surface area contributed by atoms with Crippen molar-refractivity contribution in [2.75, 3.05) is 13.7 Å². The van der Waals surface area contributed by atoms with Crippen molar-refractivity contribution in [3.05, 3.63) is 52.1 Å². The number of benzene rings is 2. The highest BCUT2D eigenvalue weighted by atomic mass is 32.2. The van der Waals surface area contributed by atoms with Crippen LogP contribution >= 0.6 is 0 Å². The standard InChI is InChI=1S/C20H26N2O5S/c1-12-13(2)15(4)20(16(5)14(12)3)28(24,25)22-21-19(23)11-27-18-9-7-17(26-6)8-10-18/h7-10,22H,11H2,1-6H3,(H,21,23). The number of nitrogens with one attached hydrogen (secondary N) is 2. The number of hydrogen-bond donors (Lipinski definition) is 2. The molecule has 7 nitrogen and oxygen atoms in total. The Morgan fingerprint density at radius 1 is 0.857 bits per heavy atom. The highest BCUT2D eigenvalue weighted by molar-refractivity contribution is 7.89. The molecule has 0 spiro atoms. The molecule has 152 valence electrons. The van der Waals surface area contributed by atoms with Crippen LogP contribution in [-0.2, 0) is 14.8 Å². The monoisotopic (exact) mass is 406 g/mol. The van der Waals surface area contributed by atoms with Crippen LogP contribution in [0.2, 0.25) is 0 Å². The van der Waals surface area contributed by atoms with Crippen LogP contribution in [0, 0.1) is 34.6 Å². The van der Waals surface area contributed by atoms with Crippen molar-refractivity contribution in [3.63, 3.8) is 0 Å². The Balaban J connectivity index is 2.06. The van der Waals surface area contributed by atoms with Crippen LogP contribution in [0.25, 0.3) is 0 Å². The number of hydrogen-bond acceptors (Lipinski definition) is 5. The lowest BCUT2D eigenvalue weighted by atomic mass is 9.95. The minimum Gasteiger partial charge on any atom is -0.497 e. The molecule has 0 bridgehead atoms. The Hall–Kier alpha value is -2.58. The van der Waals surface area contributed by atoms with Gasteiger partial charge in [-0.2, -0.15) is 0 Å². The molecule has 0 saturated carbocycles. The molecule has 0 fully saturated rings. The summed E-state index contributed by atoms with van der Waals surface area (Å²) < 4.78 is 35.9. The highest BCUT2D eigenvalue weighted by Crippen LogP contribution is 2.29. The van der Waals surface area contributed by atoms with Crippen LogP contribution in [0.1, 0.15) is 27.8 Å². The van der Waals surface area contributed by atoms with Crippen LogP contribution in [0.3, 0.4) is 0 Å². The SMILES string of the molecule is COc1ccc(OCC(=O)NNS(=O)(=O)c2c(C)c(C)c(C)c(C)c2C)cc1. The lowest BCUT2D eigenvalue weighted by Crippen LogP contribution is -2.44. The van der Waals surface area contributed by atoms with Crippen LogP contribution < -0.4 is 19.7 Å². The topological polar surface area (TPSA) is 93.7 Å². The van der Waals surface area contributed by atoms with E-state index >= 15 is 0 Å². The molecule has 8 heteroatoms. The molecule has 0 aromatic heterocycles. The summed E-state index contributed by atoms with van der Waals surface area (Å²) in [4.78, 5) is 14.3. The van der Waals surface area contributed by atoms with E-state index in [1.807, 2.05) is 20.8 Å². The first-order valence-corrected chi connectivity index (χ1v) is 10.2. The van der Waals surface area contributed by atoms with Crippen molar-refractivity contribution in [3.8, 4) is 11.5 Å². The fraction of sp³-hybridized carbons (Fsp3) is 0.350. The molecule has 1 amide bonds. The van der Waals surface area contributed by atoms with Crippen LogP contribution in [0.5, 0.6) is 11.5 Å². The first-order valence-electron chi connectivity index (χ1n) is 8.73. The van der Waals surface area contributed by atoms with Gasteiger partial charge in [0.1, 0.15) is 11.5 Å². The minimum absolute atomic E-state index is 0.185. The molecular weight excluding hydrogens is 380 g/mol. The molecule has 0 atom stereocenters. The third-order valence-electron chi connectivity index (χ3n) is 4.95. The average Bonchev–Trinajstić information content (AvgIpc) is 2.68. The van der Waals surface area contributed by atoms with Crippen molar-refractivity contribution in [1.29, 1.82) is 0 Å². The van der Waals surface area contributed by atoms with Gasteiger partial charge in [0.25, 0.3) is 15.9 Å². The van der Waals surface area contributed by atoms with Crippen LogP contribution in [0.4, 0.5) is 0 Å². The summed E-state index contributed by atoms with van der Waals surface area (Å²) >= 11 is 0. The largest absolute Gasteiger partial charge is 0.497 e. The maximum absolute atomic E-state index is 12.8. The Kier molecular flexibility index (Phi) is 6.69. The lowest BCUT2D eigenvalue weighted by molar-refractivity contribution is -0.123. The molecule has 28 heavy (non-hydrogen) atoms. The van der Waals surface area contributed by atoms with Crippen molar-refractivity contribution < 1.29 is 22.7 Å². The predicted octanol–water partition coefficient (Wildman–Crippen LogP) is 2.63. The van der Waals surface area contributed by atoms with Gasteiger partial charge in [-0.3, -0.25) is 10.2 Å². The normalized spacial score (nSPS) is 11.2. The highest BCUT2D eigenvalue weighted by Gasteiger charge is 2.24. The molecule has 0 heterocycles. The quantitative estimate of drug-likeness (QED) is 0.690. The number of rotatable bonds is 7. The van der Waals surface area contributed by atoms with Gasteiger partial charge in [-0.15, -0.1) is 4.83 Å². The van der Waals surface area contributed by atoms with Gasteiger partial charge in [0.15, 0.2) is 6.61 Å². The molecule has 0 unspecified atom stereocenters. The lowest BCUT2D eigenvalue weighted by Gasteiger charge is -2.19. The fourth-order valence-corrected chi connectivity index (χ4v) is 4.36. The zero-order chi connectivity index (χ0) is 21.1. The predicted molar refractivity (Wildman–Crippen MR) is 107 cm³/mol. The number of carbonyl (C=O) groups is 1. The smallest absolute Gasteiger partial charge is 0.272 e. The molecule has 0 saturated heterocycles. The van der Waals surface area contributed by atoms with Gasteiger partial charge in [-0.05, 0) is 86.7 Å². The summed E-state index contributed by atoms with van der Waals surface area (Å²) in [5, 5.41) is 0. The van der Waals surface area contributed by atoms with E-state index in [-0.39, 0.29) is 11.5 Å². The van der Waals surface area contributed by atoms with Crippen molar-refractivity contribution in [2.24, 2.45) is 0 Å². The molecule has 0 radical (unpaired) electrons. The van der Waals surface area contributed by atoms with E-state index in [0.29, 0.717) is 22.6 Å². The van der Waals surface area contributed by atoms with E-state index in [4.69, 9.17) is 9.47 Å². The molecule has 0 aliphatic rings. The van der Waals surface area contributed by atoms with Crippen LogP contribution in [0.15, 0.2) is 29.2 Å². The third-order valence-corrected chi connectivity index (χ3v) is 6.47. The second kappa shape index (κ2) is 8.62. The number of carbonyl (C=O) groups excluding carboxylic acids is 1. The van der Waals surface area contributed by atoms with E-state index in [9.17, 15) is 13.2 Å². The number of sulfonamides is 1. The molecule has 2 aromatic carbocycles. The molecule has 0 aliphatic heterocycles.